The largest absolute Gasteiger partial charge is 0.475 e. The van der Waals surface area contributed by atoms with Gasteiger partial charge in [-0.1, -0.05) is 0 Å². The van der Waals surface area contributed by atoms with Crippen LogP contribution in [0.5, 0.6) is 5.88 Å². The highest BCUT2D eigenvalue weighted by atomic mass is 32.1. The second-order valence-corrected chi connectivity index (χ2v) is 9.50. The monoisotopic (exact) mass is 474 g/mol. The van der Waals surface area contributed by atoms with E-state index in [0.717, 1.165) is 37.2 Å². The number of aryl methyl sites for hydroxylation is 1. The molecule has 6 nitrogen and oxygen atoms in total. The molecular formula is C23H21F3N4O2S. The molecule has 172 valence electrons. The molecule has 3 aromatic heterocycles. The molecule has 5 rings (SSSR count). The first-order valence-electron chi connectivity index (χ1n) is 10.6. The molecule has 0 N–H and O–H groups in total. The first-order chi connectivity index (χ1) is 15.7. The lowest BCUT2D eigenvalue weighted by Gasteiger charge is -2.38. The number of nitrogens with zero attached hydrogens (tertiary/aromatic N) is 4. The number of aromatic nitrogens is 3. The zero-order valence-corrected chi connectivity index (χ0v) is 18.6. The molecule has 4 heterocycles. The number of likely N-dealkylation sites (tertiary alicyclic amines) is 1. The Morgan fingerprint density at radius 1 is 1.27 bits per heavy atom. The normalized spacial score (nSPS) is 22.1. The standard InChI is InChI=1S/C23H21F3N4O2S/c1-14-2-4-17(19(29-14)20-27-8-9-33-20)21(31)30-12-15-6-7-22(30,10-15)13-32-18-5-3-16(11-28-18)23(24,25)26/h2-5,8-9,11,15H,6-7,10,12-13H2,1H3. The number of alkyl halides is 3. The third-order valence-corrected chi connectivity index (χ3v) is 7.18. The lowest BCUT2D eigenvalue weighted by molar-refractivity contribution is -0.137. The van der Waals surface area contributed by atoms with Crippen LogP contribution in [0.2, 0.25) is 0 Å². The molecule has 2 unspecified atom stereocenters. The van der Waals surface area contributed by atoms with Gasteiger partial charge in [-0.05, 0) is 50.3 Å². The molecule has 33 heavy (non-hydrogen) atoms. The van der Waals surface area contributed by atoms with Gasteiger partial charge >= 0.3 is 6.18 Å². The van der Waals surface area contributed by atoms with Crippen LogP contribution in [0.3, 0.4) is 0 Å². The SMILES string of the molecule is Cc1ccc(C(=O)N2CC3CCC2(COc2ccc(C(F)(F)F)cn2)C3)c(-c2nccs2)n1. The summed E-state index contributed by atoms with van der Waals surface area (Å²) in [4.78, 5) is 28.3. The van der Waals surface area contributed by atoms with E-state index in [4.69, 9.17) is 4.74 Å². The summed E-state index contributed by atoms with van der Waals surface area (Å²) in [6.07, 6.45) is 0.553. The van der Waals surface area contributed by atoms with E-state index in [0.29, 0.717) is 28.7 Å². The maximum absolute atomic E-state index is 13.7. The Morgan fingerprint density at radius 2 is 2.12 bits per heavy atom. The van der Waals surface area contributed by atoms with Crippen LogP contribution in [0.15, 0.2) is 42.0 Å². The summed E-state index contributed by atoms with van der Waals surface area (Å²) < 4.78 is 44.2. The molecule has 10 heteroatoms. The lowest BCUT2D eigenvalue weighted by Crippen LogP contribution is -2.52. The number of rotatable bonds is 5. The summed E-state index contributed by atoms with van der Waals surface area (Å²) in [5, 5.41) is 2.53. The Labute approximate surface area is 192 Å². The van der Waals surface area contributed by atoms with E-state index in [1.54, 1.807) is 12.3 Å². The van der Waals surface area contributed by atoms with Gasteiger partial charge in [0.1, 0.15) is 17.3 Å². The number of thiazole rings is 1. The van der Waals surface area contributed by atoms with Gasteiger partial charge in [0, 0.05) is 36.1 Å². The zero-order chi connectivity index (χ0) is 23.2. The number of amides is 1. The highest BCUT2D eigenvalue weighted by molar-refractivity contribution is 7.13. The Kier molecular flexibility index (Phi) is 5.35. The third kappa shape index (κ3) is 4.07. The van der Waals surface area contributed by atoms with Gasteiger partial charge in [-0.3, -0.25) is 4.79 Å². The predicted octanol–water partition coefficient (Wildman–Crippen LogP) is 5.00. The number of hydrogen-bond acceptors (Lipinski definition) is 6. The van der Waals surface area contributed by atoms with Gasteiger partial charge in [0.05, 0.1) is 16.7 Å². The zero-order valence-electron chi connectivity index (χ0n) is 17.8. The fraction of sp³-hybridized carbons (Fsp3) is 0.391. The molecule has 0 spiro atoms. The Morgan fingerprint density at radius 3 is 2.79 bits per heavy atom. The minimum atomic E-state index is -4.45. The maximum Gasteiger partial charge on any atom is 0.417 e. The van der Waals surface area contributed by atoms with Crippen LogP contribution in [0.4, 0.5) is 13.2 Å². The molecule has 3 aromatic rings. The van der Waals surface area contributed by atoms with Crippen LogP contribution in [-0.4, -0.2) is 44.4 Å². The Bertz CT molecular complexity index is 1170. The van der Waals surface area contributed by atoms with Crippen molar-refractivity contribution in [3.63, 3.8) is 0 Å². The highest BCUT2D eigenvalue weighted by Crippen LogP contribution is 2.47. The summed E-state index contributed by atoms with van der Waals surface area (Å²) in [5.74, 6) is 0.360. The van der Waals surface area contributed by atoms with Crippen molar-refractivity contribution in [2.75, 3.05) is 13.2 Å². The first kappa shape index (κ1) is 21.8. The number of halogens is 3. The van der Waals surface area contributed by atoms with E-state index in [2.05, 4.69) is 15.0 Å². The topological polar surface area (TPSA) is 68.2 Å². The molecule has 0 radical (unpaired) electrons. The Balaban J connectivity index is 1.39. The second-order valence-electron chi connectivity index (χ2n) is 8.61. The fourth-order valence-corrected chi connectivity index (χ4v) is 5.43. The summed E-state index contributed by atoms with van der Waals surface area (Å²) in [5.41, 5.74) is 0.518. The summed E-state index contributed by atoms with van der Waals surface area (Å²) in [6.45, 7) is 2.67. The van der Waals surface area contributed by atoms with Crippen molar-refractivity contribution in [1.82, 2.24) is 19.9 Å². The number of pyridine rings is 2. The van der Waals surface area contributed by atoms with Gasteiger partial charge in [-0.25, -0.2) is 15.0 Å². The highest BCUT2D eigenvalue weighted by Gasteiger charge is 2.53. The van der Waals surface area contributed by atoms with Crippen molar-refractivity contribution in [3.05, 3.63) is 58.9 Å². The van der Waals surface area contributed by atoms with Crippen molar-refractivity contribution in [3.8, 4) is 16.6 Å². The third-order valence-electron chi connectivity index (χ3n) is 6.40. The molecular weight excluding hydrogens is 453 g/mol. The number of hydrogen-bond donors (Lipinski definition) is 0. The summed E-state index contributed by atoms with van der Waals surface area (Å²) >= 11 is 1.43. The van der Waals surface area contributed by atoms with Gasteiger partial charge in [0.2, 0.25) is 5.88 Å². The first-order valence-corrected chi connectivity index (χ1v) is 11.5. The fourth-order valence-electron chi connectivity index (χ4n) is 4.79. The van der Waals surface area contributed by atoms with Crippen molar-refractivity contribution in [2.24, 2.45) is 5.92 Å². The minimum Gasteiger partial charge on any atom is -0.475 e. The molecule has 1 saturated carbocycles. The van der Waals surface area contributed by atoms with E-state index in [1.807, 2.05) is 23.3 Å². The van der Waals surface area contributed by atoms with Gasteiger partial charge in [0.25, 0.3) is 5.91 Å². The molecule has 2 atom stereocenters. The quantitative estimate of drug-likeness (QED) is 0.521. The van der Waals surface area contributed by atoms with Crippen molar-refractivity contribution in [1.29, 1.82) is 0 Å². The summed E-state index contributed by atoms with van der Waals surface area (Å²) in [7, 11) is 0. The van der Waals surface area contributed by atoms with Gasteiger partial charge in [0.15, 0.2) is 0 Å². The van der Waals surface area contributed by atoms with E-state index in [9.17, 15) is 18.0 Å². The van der Waals surface area contributed by atoms with Crippen LogP contribution in [0, 0.1) is 12.8 Å². The lowest BCUT2D eigenvalue weighted by atomic mass is 9.96. The minimum absolute atomic E-state index is 0.112. The molecule has 1 aliphatic heterocycles. The number of fused-ring (bicyclic) bond motifs is 2. The molecule has 2 bridgehead atoms. The maximum atomic E-state index is 13.7. The number of carbonyl (C=O) groups is 1. The molecule has 0 aromatic carbocycles. The number of ether oxygens (including phenoxy) is 1. The van der Waals surface area contributed by atoms with Crippen LogP contribution in [-0.2, 0) is 6.18 Å². The molecule has 1 amide bonds. The number of piperidine rings is 1. The van der Waals surface area contributed by atoms with Crippen LogP contribution in [0.1, 0.15) is 40.9 Å². The smallest absolute Gasteiger partial charge is 0.417 e. The summed E-state index contributed by atoms with van der Waals surface area (Å²) in [6, 6.07) is 5.78. The van der Waals surface area contributed by atoms with E-state index in [-0.39, 0.29) is 18.4 Å². The predicted molar refractivity (Wildman–Crippen MR) is 116 cm³/mol. The van der Waals surface area contributed by atoms with E-state index >= 15 is 0 Å². The van der Waals surface area contributed by atoms with E-state index in [1.165, 1.54) is 17.4 Å². The van der Waals surface area contributed by atoms with Crippen molar-refractivity contribution >= 4 is 17.2 Å². The molecule has 2 fully saturated rings. The van der Waals surface area contributed by atoms with Gasteiger partial charge in [-0.2, -0.15) is 13.2 Å². The van der Waals surface area contributed by atoms with Crippen LogP contribution < -0.4 is 4.74 Å². The second kappa shape index (κ2) is 8.09. The van der Waals surface area contributed by atoms with Crippen molar-refractivity contribution in [2.45, 2.75) is 37.9 Å². The van der Waals surface area contributed by atoms with Crippen molar-refractivity contribution < 1.29 is 22.7 Å². The Hall–Kier alpha value is -3.01. The molecule has 1 saturated heterocycles. The van der Waals surface area contributed by atoms with Crippen LogP contribution >= 0.6 is 11.3 Å². The van der Waals surface area contributed by atoms with Crippen LogP contribution in [0.25, 0.3) is 10.7 Å². The number of carbonyl (C=O) groups excluding carboxylic acids is 1. The van der Waals surface area contributed by atoms with E-state index < -0.39 is 17.3 Å². The molecule has 2 aliphatic rings. The molecule has 1 aliphatic carbocycles. The average molecular weight is 475 g/mol. The van der Waals surface area contributed by atoms with Gasteiger partial charge < -0.3 is 9.64 Å². The van der Waals surface area contributed by atoms with Gasteiger partial charge in [-0.15, -0.1) is 11.3 Å². The average Bonchev–Trinajstić information content (AvgIpc) is 3.54.